The summed E-state index contributed by atoms with van der Waals surface area (Å²) in [5.74, 6) is -0.785. The van der Waals surface area contributed by atoms with E-state index in [9.17, 15) is 21.2 Å². The molecule has 3 rings (SSSR count). The lowest BCUT2D eigenvalue weighted by atomic mass is 10.2. The molecule has 0 saturated heterocycles. The third-order valence-corrected chi connectivity index (χ3v) is 6.51. The second kappa shape index (κ2) is 9.56. The molecule has 1 aromatic heterocycles. The fraction of sp³-hybridized carbons (Fsp3) is 0.158. The first-order chi connectivity index (χ1) is 15.1. The standard InChI is InChI=1S/C19H21FN6O4S2/c1-2-31(27,28)23-11-13-6-8-14(9-7-13)24-18-17(20)12-22-19(26-18)25-15-4-3-5-16(10-15)32(21,29)30/h3-10,12,23H,2,11H2,1H3,(H2,21,29,30)(H2,22,24,25,26). The number of halogens is 1. The second-order valence-electron chi connectivity index (χ2n) is 6.63. The van der Waals surface area contributed by atoms with E-state index in [0.717, 1.165) is 11.8 Å². The average Bonchev–Trinajstić information content (AvgIpc) is 2.75. The Balaban J connectivity index is 1.72. The number of nitrogens with one attached hydrogen (secondary N) is 3. The van der Waals surface area contributed by atoms with E-state index in [2.05, 4.69) is 25.3 Å². The number of anilines is 4. The number of nitrogens with two attached hydrogens (primary N) is 1. The van der Waals surface area contributed by atoms with Gasteiger partial charge in [-0.3, -0.25) is 0 Å². The minimum Gasteiger partial charge on any atom is -0.338 e. The van der Waals surface area contributed by atoms with Gasteiger partial charge < -0.3 is 10.6 Å². The van der Waals surface area contributed by atoms with Crippen molar-refractivity contribution in [3.8, 4) is 0 Å². The smallest absolute Gasteiger partial charge is 0.238 e. The van der Waals surface area contributed by atoms with Crippen molar-refractivity contribution in [1.29, 1.82) is 0 Å². The van der Waals surface area contributed by atoms with Crippen LogP contribution in [-0.4, -0.2) is 32.6 Å². The number of hydrogen-bond donors (Lipinski definition) is 4. The van der Waals surface area contributed by atoms with Crippen molar-refractivity contribution in [3.05, 3.63) is 66.1 Å². The lowest BCUT2D eigenvalue weighted by Gasteiger charge is -2.11. The van der Waals surface area contributed by atoms with Gasteiger partial charge in [0.05, 0.1) is 16.8 Å². The summed E-state index contributed by atoms with van der Waals surface area (Å²) in [6, 6.07) is 12.4. The molecule has 170 valence electrons. The molecule has 0 spiro atoms. The lowest BCUT2D eigenvalue weighted by Crippen LogP contribution is -2.24. The Morgan fingerprint density at radius 1 is 1.00 bits per heavy atom. The van der Waals surface area contributed by atoms with Gasteiger partial charge in [0.25, 0.3) is 0 Å². The Kier molecular flexibility index (Phi) is 7.03. The molecule has 0 aliphatic heterocycles. The number of benzene rings is 2. The van der Waals surface area contributed by atoms with Gasteiger partial charge in [-0.25, -0.2) is 36.1 Å². The van der Waals surface area contributed by atoms with E-state index in [1.165, 1.54) is 18.2 Å². The minimum atomic E-state index is -3.88. The fourth-order valence-corrected chi connectivity index (χ4v) is 3.68. The normalized spacial score (nSPS) is 11.8. The average molecular weight is 481 g/mol. The molecule has 32 heavy (non-hydrogen) atoms. The molecule has 0 saturated carbocycles. The molecule has 1 heterocycles. The largest absolute Gasteiger partial charge is 0.338 e. The summed E-state index contributed by atoms with van der Waals surface area (Å²) in [6.45, 7) is 1.69. The van der Waals surface area contributed by atoms with E-state index in [-0.39, 0.29) is 29.0 Å². The highest BCUT2D eigenvalue weighted by atomic mass is 32.2. The Morgan fingerprint density at radius 2 is 1.72 bits per heavy atom. The third kappa shape index (κ3) is 6.43. The van der Waals surface area contributed by atoms with Crippen LogP contribution in [-0.2, 0) is 26.6 Å². The summed E-state index contributed by atoms with van der Waals surface area (Å²) in [4.78, 5) is 7.84. The molecule has 13 heteroatoms. The summed E-state index contributed by atoms with van der Waals surface area (Å²) in [5.41, 5.74) is 1.60. The van der Waals surface area contributed by atoms with Crippen LogP contribution in [0, 0.1) is 5.82 Å². The third-order valence-electron chi connectivity index (χ3n) is 4.26. The zero-order valence-corrected chi connectivity index (χ0v) is 18.5. The molecule has 0 aliphatic rings. The maximum absolute atomic E-state index is 14.2. The molecule has 2 aromatic carbocycles. The Morgan fingerprint density at radius 3 is 2.38 bits per heavy atom. The van der Waals surface area contributed by atoms with Crippen molar-refractivity contribution in [3.63, 3.8) is 0 Å². The number of rotatable bonds is 9. The molecule has 0 bridgehead atoms. The fourth-order valence-electron chi connectivity index (χ4n) is 2.53. The summed E-state index contributed by atoms with van der Waals surface area (Å²) in [6.07, 6.45) is 0.967. The Labute approximate surface area is 185 Å². The molecule has 0 unspecified atom stereocenters. The van der Waals surface area contributed by atoms with Crippen molar-refractivity contribution >= 4 is 43.2 Å². The number of primary sulfonamides is 1. The summed E-state index contributed by atoms with van der Waals surface area (Å²) < 4.78 is 62.7. The van der Waals surface area contributed by atoms with Gasteiger partial charge in [0.2, 0.25) is 26.0 Å². The van der Waals surface area contributed by atoms with Crippen molar-refractivity contribution in [2.45, 2.75) is 18.4 Å². The van der Waals surface area contributed by atoms with Gasteiger partial charge in [0.1, 0.15) is 0 Å². The van der Waals surface area contributed by atoms with Crippen LogP contribution in [0.2, 0.25) is 0 Å². The van der Waals surface area contributed by atoms with E-state index in [4.69, 9.17) is 5.14 Å². The number of hydrogen-bond acceptors (Lipinski definition) is 8. The van der Waals surface area contributed by atoms with Gasteiger partial charge in [0, 0.05) is 17.9 Å². The van der Waals surface area contributed by atoms with Gasteiger partial charge in [-0.15, -0.1) is 0 Å². The molecule has 10 nitrogen and oxygen atoms in total. The predicted molar refractivity (Wildman–Crippen MR) is 119 cm³/mol. The zero-order valence-electron chi connectivity index (χ0n) is 16.9. The van der Waals surface area contributed by atoms with E-state index >= 15 is 0 Å². The van der Waals surface area contributed by atoms with Crippen LogP contribution in [0.3, 0.4) is 0 Å². The molecular formula is C19H21FN6O4S2. The van der Waals surface area contributed by atoms with E-state index in [1.807, 2.05) is 0 Å². The van der Waals surface area contributed by atoms with Crippen LogP contribution in [0.4, 0.5) is 27.5 Å². The van der Waals surface area contributed by atoms with Crippen LogP contribution in [0.1, 0.15) is 12.5 Å². The summed E-state index contributed by atoms with van der Waals surface area (Å²) in [7, 11) is -7.18. The van der Waals surface area contributed by atoms with Gasteiger partial charge >= 0.3 is 0 Å². The Bertz CT molecular complexity index is 1320. The quantitative estimate of drug-likeness (QED) is 0.363. The highest BCUT2D eigenvalue weighted by Crippen LogP contribution is 2.22. The maximum Gasteiger partial charge on any atom is 0.238 e. The van der Waals surface area contributed by atoms with Crippen molar-refractivity contribution in [2.75, 3.05) is 16.4 Å². The maximum atomic E-state index is 14.2. The summed E-state index contributed by atoms with van der Waals surface area (Å²) in [5, 5.41) is 10.8. The number of nitrogens with zero attached hydrogens (tertiary/aromatic N) is 2. The van der Waals surface area contributed by atoms with Crippen LogP contribution < -0.4 is 20.5 Å². The first-order valence-corrected chi connectivity index (χ1v) is 12.5. The second-order valence-corrected chi connectivity index (χ2v) is 10.3. The van der Waals surface area contributed by atoms with Gasteiger partial charge in [-0.05, 0) is 42.8 Å². The molecule has 3 aromatic rings. The number of aromatic nitrogens is 2. The molecule has 0 fully saturated rings. The van der Waals surface area contributed by atoms with Crippen molar-refractivity contribution in [2.24, 2.45) is 5.14 Å². The first kappa shape index (κ1) is 23.5. The van der Waals surface area contributed by atoms with Gasteiger partial charge in [-0.2, -0.15) is 4.98 Å². The molecule has 0 atom stereocenters. The predicted octanol–water partition coefficient (Wildman–Crippen LogP) is 2.19. The topological polar surface area (TPSA) is 156 Å². The van der Waals surface area contributed by atoms with Crippen molar-refractivity contribution in [1.82, 2.24) is 14.7 Å². The van der Waals surface area contributed by atoms with E-state index in [0.29, 0.717) is 11.4 Å². The minimum absolute atomic E-state index is 0.0116. The molecule has 0 aliphatic carbocycles. The van der Waals surface area contributed by atoms with Gasteiger partial charge in [0.15, 0.2) is 11.6 Å². The van der Waals surface area contributed by atoms with E-state index in [1.54, 1.807) is 37.3 Å². The Hall–Kier alpha value is -3.13. The monoisotopic (exact) mass is 480 g/mol. The van der Waals surface area contributed by atoms with Crippen LogP contribution in [0.25, 0.3) is 0 Å². The zero-order chi connectivity index (χ0) is 23.4. The molecular weight excluding hydrogens is 459 g/mol. The molecule has 5 N–H and O–H groups in total. The van der Waals surface area contributed by atoms with Crippen molar-refractivity contribution < 1.29 is 21.2 Å². The highest BCUT2D eigenvalue weighted by molar-refractivity contribution is 7.89. The molecule has 0 amide bonds. The van der Waals surface area contributed by atoms with Crippen LogP contribution in [0.15, 0.2) is 59.6 Å². The van der Waals surface area contributed by atoms with Gasteiger partial charge in [-0.1, -0.05) is 18.2 Å². The number of sulfonamides is 2. The SMILES string of the molecule is CCS(=O)(=O)NCc1ccc(Nc2nc(Nc3cccc(S(N)(=O)=O)c3)ncc2F)cc1. The van der Waals surface area contributed by atoms with Crippen LogP contribution >= 0.6 is 0 Å². The first-order valence-electron chi connectivity index (χ1n) is 9.31. The lowest BCUT2D eigenvalue weighted by molar-refractivity contribution is 0.582. The van der Waals surface area contributed by atoms with Crippen LogP contribution in [0.5, 0.6) is 0 Å². The summed E-state index contributed by atoms with van der Waals surface area (Å²) >= 11 is 0. The van der Waals surface area contributed by atoms with E-state index < -0.39 is 25.9 Å². The molecule has 0 radical (unpaired) electrons. The highest BCUT2D eigenvalue weighted by Gasteiger charge is 2.11.